The minimum absolute atomic E-state index is 0.149. The summed E-state index contributed by atoms with van der Waals surface area (Å²) in [4.78, 5) is 11.8. The van der Waals surface area contributed by atoms with Gasteiger partial charge >= 0.3 is 6.03 Å². The van der Waals surface area contributed by atoms with Crippen LogP contribution in [-0.2, 0) is 6.42 Å². The van der Waals surface area contributed by atoms with Gasteiger partial charge in [-0.1, -0.05) is 18.1 Å². The molecule has 0 saturated heterocycles. The molecular weight excluding hydrogens is 292 g/mol. The maximum atomic E-state index is 11.8. The number of amides is 2. The molecule has 23 heavy (non-hydrogen) atoms. The van der Waals surface area contributed by atoms with Gasteiger partial charge in [-0.05, 0) is 49.8 Å². The van der Waals surface area contributed by atoms with E-state index in [-0.39, 0.29) is 6.03 Å². The average Bonchev–Trinajstić information content (AvgIpc) is 2.60. The van der Waals surface area contributed by atoms with Gasteiger partial charge in [-0.15, -0.1) is 0 Å². The monoisotopic (exact) mass is 318 g/mol. The zero-order valence-corrected chi connectivity index (χ0v) is 14.0. The number of hydrogen-bond acceptors (Lipinski definition) is 3. The smallest absolute Gasteiger partial charge is 0.318 e. The molecular formula is C18H26N2O3. The molecule has 1 aromatic rings. The van der Waals surface area contributed by atoms with Crippen molar-refractivity contribution in [2.75, 3.05) is 20.8 Å². The number of methoxy groups -OCH3 is 2. The molecule has 0 radical (unpaired) electrons. The Kier molecular flexibility index (Phi) is 6.78. The van der Waals surface area contributed by atoms with Crippen LogP contribution >= 0.6 is 0 Å². The summed E-state index contributed by atoms with van der Waals surface area (Å²) in [5.74, 6) is 1.41. The van der Waals surface area contributed by atoms with Crippen LogP contribution in [0.15, 0.2) is 30.0 Å². The first-order valence-corrected chi connectivity index (χ1v) is 8.16. The van der Waals surface area contributed by atoms with Crippen molar-refractivity contribution in [2.24, 2.45) is 0 Å². The van der Waals surface area contributed by atoms with Gasteiger partial charge in [0.15, 0.2) is 11.5 Å². The minimum Gasteiger partial charge on any atom is -0.493 e. The Morgan fingerprint density at radius 1 is 1.13 bits per heavy atom. The summed E-state index contributed by atoms with van der Waals surface area (Å²) in [6, 6.07) is 5.64. The van der Waals surface area contributed by atoms with Crippen molar-refractivity contribution < 1.29 is 14.3 Å². The predicted octanol–water partition coefficient (Wildman–Crippen LogP) is 3.39. The van der Waals surface area contributed by atoms with Gasteiger partial charge in [0.2, 0.25) is 0 Å². The fraction of sp³-hybridized carbons (Fsp3) is 0.500. The van der Waals surface area contributed by atoms with Crippen LogP contribution in [0.3, 0.4) is 0 Å². The lowest BCUT2D eigenvalue weighted by Gasteiger charge is -2.13. The SMILES string of the molecule is COc1ccc(CCNC(=O)NC=C2CCCCC2)cc1OC. The third-order valence-electron chi connectivity index (χ3n) is 4.05. The van der Waals surface area contributed by atoms with Crippen molar-refractivity contribution in [3.05, 3.63) is 35.5 Å². The van der Waals surface area contributed by atoms with Crippen LogP contribution in [0, 0.1) is 0 Å². The van der Waals surface area contributed by atoms with Crippen LogP contribution in [-0.4, -0.2) is 26.8 Å². The average molecular weight is 318 g/mol. The summed E-state index contributed by atoms with van der Waals surface area (Å²) >= 11 is 0. The lowest BCUT2D eigenvalue weighted by atomic mass is 9.96. The van der Waals surface area contributed by atoms with Crippen LogP contribution in [0.2, 0.25) is 0 Å². The molecule has 5 heteroatoms. The van der Waals surface area contributed by atoms with Crippen LogP contribution < -0.4 is 20.1 Å². The summed E-state index contributed by atoms with van der Waals surface area (Å²) in [7, 11) is 3.23. The van der Waals surface area contributed by atoms with E-state index in [1.54, 1.807) is 14.2 Å². The number of hydrogen-bond donors (Lipinski definition) is 2. The van der Waals surface area contributed by atoms with Gasteiger partial charge in [0, 0.05) is 12.7 Å². The van der Waals surface area contributed by atoms with E-state index in [9.17, 15) is 4.79 Å². The van der Waals surface area contributed by atoms with Gasteiger partial charge < -0.3 is 20.1 Å². The van der Waals surface area contributed by atoms with Gasteiger partial charge in [0.1, 0.15) is 0 Å². The van der Waals surface area contributed by atoms with Crippen LogP contribution in [0.25, 0.3) is 0 Å². The first-order chi connectivity index (χ1) is 11.2. The first-order valence-electron chi connectivity index (χ1n) is 8.16. The van der Waals surface area contributed by atoms with Gasteiger partial charge in [0.25, 0.3) is 0 Å². The highest BCUT2D eigenvalue weighted by Gasteiger charge is 2.07. The molecule has 0 aromatic heterocycles. The predicted molar refractivity (Wildman–Crippen MR) is 91.0 cm³/mol. The molecule has 0 bridgehead atoms. The van der Waals surface area contributed by atoms with Gasteiger partial charge in [-0.2, -0.15) is 0 Å². The largest absolute Gasteiger partial charge is 0.493 e. The zero-order valence-electron chi connectivity index (χ0n) is 14.0. The highest BCUT2D eigenvalue weighted by molar-refractivity contribution is 5.74. The number of ether oxygens (including phenoxy) is 2. The van der Waals surface area contributed by atoms with Crippen molar-refractivity contribution in [3.8, 4) is 11.5 Å². The summed E-state index contributed by atoms with van der Waals surface area (Å²) < 4.78 is 10.5. The molecule has 126 valence electrons. The number of benzene rings is 1. The summed E-state index contributed by atoms with van der Waals surface area (Å²) in [5.41, 5.74) is 2.43. The molecule has 2 N–H and O–H groups in total. The van der Waals surface area contributed by atoms with Crippen molar-refractivity contribution in [1.29, 1.82) is 0 Å². The van der Waals surface area contributed by atoms with E-state index in [0.29, 0.717) is 18.0 Å². The van der Waals surface area contributed by atoms with Crippen molar-refractivity contribution in [1.82, 2.24) is 10.6 Å². The van der Waals surface area contributed by atoms with Gasteiger partial charge in [0.05, 0.1) is 14.2 Å². The quantitative estimate of drug-likeness (QED) is 0.845. The lowest BCUT2D eigenvalue weighted by Crippen LogP contribution is -2.33. The molecule has 1 aliphatic carbocycles. The Morgan fingerprint density at radius 3 is 2.57 bits per heavy atom. The first kappa shape index (κ1) is 17.2. The molecule has 1 saturated carbocycles. The summed E-state index contributed by atoms with van der Waals surface area (Å²) in [5, 5.41) is 5.69. The maximum Gasteiger partial charge on any atom is 0.318 e. The molecule has 5 nitrogen and oxygen atoms in total. The molecule has 1 aromatic carbocycles. The van der Waals surface area contributed by atoms with E-state index in [2.05, 4.69) is 10.6 Å². The highest BCUT2D eigenvalue weighted by atomic mass is 16.5. The Labute approximate surface area is 138 Å². The number of nitrogens with one attached hydrogen (secondary N) is 2. The van der Waals surface area contributed by atoms with Gasteiger partial charge in [-0.3, -0.25) is 0 Å². The topological polar surface area (TPSA) is 59.6 Å². The van der Waals surface area contributed by atoms with E-state index in [1.807, 2.05) is 24.4 Å². The number of carbonyl (C=O) groups excluding carboxylic acids is 1. The van der Waals surface area contributed by atoms with E-state index in [4.69, 9.17) is 9.47 Å². The second-order valence-corrected chi connectivity index (χ2v) is 5.70. The Bertz CT molecular complexity index is 547. The second-order valence-electron chi connectivity index (χ2n) is 5.70. The molecule has 0 heterocycles. The number of allylic oxidation sites excluding steroid dienone is 1. The van der Waals surface area contributed by atoms with E-state index >= 15 is 0 Å². The molecule has 2 rings (SSSR count). The third kappa shape index (κ3) is 5.51. The fourth-order valence-electron chi connectivity index (χ4n) is 2.73. The molecule has 0 atom stereocenters. The minimum atomic E-state index is -0.149. The fourth-order valence-corrected chi connectivity index (χ4v) is 2.73. The Balaban J connectivity index is 1.74. The van der Waals surface area contributed by atoms with Crippen molar-refractivity contribution in [2.45, 2.75) is 38.5 Å². The van der Waals surface area contributed by atoms with E-state index in [0.717, 1.165) is 24.8 Å². The highest BCUT2D eigenvalue weighted by Crippen LogP contribution is 2.27. The van der Waals surface area contributed by atoms with Crippen LogP contribution in [0.1, 0.15) is 37.7 Å². The van der Waals surface area contributed by atoms with Crippen LogP contribution in [0.4, 0.5) is 4.79 Å². The number of urea groups is 1. The number of carbonyl (C=O) groups is 1. The van der Waals surface area contributed by atoms with Crippen LogP contribution in [0.5, 0.6) is 11.5 Å². The molecule has 2 amide bonds. The summed E-state index contributed by atoms with van der Waals surface area (Å²) in [6.07, 6.45) is 8.57. The number of rotatable bonds is 6. The van der Waals surface area contributed by atoms with Crippen molar-refractivity contribution >= 4 is 6.03 Å². The molecule has 0 unspecified atom stereocenters. The van der Waals surface area contributed by atoms with Gasteiger partial charge in [-0.25, -0.2) is 4.79 Å². The molecule has 0 spiro atoms. The zero-order chi connectivity index (χ0) is 16.5. The molecule has 0 aliphatic heterocycles. The standard InChI is InChI=1S/C18H26N2O3/c1-22-16-9-8-14(12-17(16)23-2)10-11-19-18(21)20-13-15-6-4-3-5-7-15/h8-9,12-13H,3-7,10-11H2,1-2H3,(H2,19,20,21). The van der Waals surface area contributed by atoms with E-state index in [1.165, 1.54) is 24.8 Å². The Hall–Kier alpha value is -2.17. The molecule has 1 fully saturated rings. The molecule has 1 aliphatic rings. The summed E-state index contributed by atoms with van der Waals surface area (Å²) in [6.45, 7) is 0.574. The normalized spacial score (nSPS) is 14.1. The lowest BCUT2D eigenvalue weighted by molar-refractivity contribution is 0.244. The third-order valence-corrected chi connectivity index (χ3v) is 4.05. The second kappa shape index (κ2) is 9.08. The Morgan fingerprint density at radius 2 is 1.87 bits per heavy atom. The maximum absolute atomic E-state index is 11.8. The van der Waals surface area contributed by atoms with Crippen molar-refractivity contribution in [3.63, 3.8) is 0 Å². The van der Waals surface area contributed by atoms with E-state index < -0.39 is 0 Å².